The van der Waals surface area contributed by atoms with Crippen molar-refractivity contribution in [2.45, 2.75) is 32.7 Å². The number of sulfonamides is 1. The summed E-state index contributed by atoms with van der Waals surface area (Å²) in [6, 6.07) is 8.57. The Morgan fingerprint density at radius 3 is 2.65 bits per heavy atom. The summed E-state index contributed by atoms with van der Waals surface area (Å²) in [5.74, 6) is 0.424. The number of nitrogens with one attached hydrogen (secondary N) is 2. The van der Waals surface area contributed by atoms with Crippen molar-refractivity contribution in [3.63, 3.8) is 0 Å². The summed E-state index contributed by atoms with van der Waals surface area (Å²) in [4.78, 5) is 6.69. The van der Waals surface area contributed by atoms with Crippen molar-refractivity contribution in [2.75, 3.05) is 36.8 Å². The Kier molecular flexibility index (Phi) is 9.66. The van der Waals surface area contributed by atoms with Gasteiger partial charge in [-0.2, -0.15) is 0 Å². The Morgan fingerprint density at radius 1 is 1.35 bits per heavy atom. The number of halogens is 1. The lowest BCUT2D eigenvalue weighted by molar-refractivity contribution is 0.597. The number of hydrogen-bond donors (Lipinski definition) is 3. The minimum absolute atomic E-state index is 0. The third kappa shape index (κ3) is 7.67. The van der Waals surface area contributed by atoms with Gasteiger partial charge in [-0.15, -0.1) is 24.0 Å². The largest absolute Gasteiger partial charge is 0.372 e. The van der Waals surface area contributed by atoms with Crippen LogP contribution in [0.25, 0.3) is 0 Å². The highest BCUT2D eigenvalue weighted by atomic mass is 127. The summed E-state index contributed by atoms with van der Waals surface area (Å²) >= 11 is 0. The smallest absolute Gasteiger partial charge is 0.210 e. The molecule has 7 nitrogen and oxygen atoms in total. The van der Waals surface area contributed by atoms with Crippen molar-refractivity contribution in [1.29, 1.82) is 0 Å². The zero-order valence-electron chi connectivity index (χ0n) is 15.4. The van der Waals surface area contributed by atoms with Crippen molar-refractivity contribution in [3.05, 3.63) is 29.8 Å². The highest BCUT2D eigenvalue weighted by Crippen LogP contribution is 2.23. The first-order valence-corrected chi connectivity index (χ1v) is 10.5. The highest BCUT2D eigenvalue weighted by Gasteiger charge is 2.14. The molecule has 1 atom stereocenters. The Morgan fingerprint density at radius 2 is 2.04 bits per heavy atom. The zero-order chi connectivity index (χ0) is 18.3. The van der Waals surface area contributed by atoms with E-state index in [-0.39, 0.29) is 42.3 Å². The van der Waals surface area contributed by atoms with Gasteiger partial charge >= 0.3 is 0 Å². The van der Waals surface area contributed by atoms with E-state index in [2.05, 4.69) is 51.7 Å². The number of benzene rings is 1. The Labute approximate surface area is 173 Å². The molecule has 1 aromatic carbocycles. The van der Waals surface area contributed by atoms with Crippen LogP contribution in [-0.4, -0.2) is 46.3 Å². The maximum absolute atomic E-state index is 11.0. The molecule has 1 aliphatic heterocycles. The third-order valence-electron chi connectivity index (χ3n) is 4.18. The molecule has 0 aliphatic carbocycles. The van der Waals surface area contributed by atoms with Crippen LogP contribution < -0.4 is 20.7 Å². The second kappa shape index (κ2) is 10.9. The summed E-state index contributed by atoms with van der Waals surface area (Å²) < 4.78 is 22.1. The fourth-order valence-electron chi connectivity index (χ4n) is 2.86. The first-order chi connectivity index (χ1) is 11.9. The first kappa shape index (κ1) is 23.0. The van der Waals surface area contributed by atoms with Crippen molar-refractivity contribution in [1.82, 2.24) is 10.6 Å². The van der Waals surface area contributed by atoms with Crippen LogP contribution in [0.1, 0.15) is 38.3 Å². The predicted molar refractivity (Wildman–Crippen MR) is 119 cm³/mol. The fourth-order valence-corrected chi connectivity index (χ4v) is 3.21. The van der Waals surface area contributed by atoms with Crippen LogP contribution >= 0.6 is 24.0 Å². The van der Waals surface area contributed by atoms with Gasteiger partial charge in [-0.3, -0.25) is 4.99 Å². The molecule has 0 spiro atoms. The van der Waals surface area contributed by atoms with Gasteiger partial charge in [0.15, 0.2) is 5.96 Å². The molecule has 1 aromatic rings. The topological polar surface area (TPSA) is 99.8 Å². The van der Waals surface area contributed by atoms with E-state index in [0.29, 0.717) is 12.5 Å². The van der Waals surface area contributed by atoms with Crippen LogP contribution in [0.3, 0.4) is 0 Å². The predicted octanol–water partition coefficient (Wildman–Crippen LogP) is 1.81. The minimum atomic E-state index is -3.50. The van der Waals surface area contributed by atoms with Crippen molar-refractivity contribution < 1.29 is 8.42 Å². The Bertz CT molecular complexity index is 690. The van der Waals surface area contributed by atoms with Gasteiger partial charge < -0.3 is 15.5 Å². The molecule has 1 saturated heterocycles. The van der Waals surface area contributed by atoms with Crippen LogP contribution in [0.5, 0.6) is 0 Å². The molecule has 0 saturated carbocycles. The van der Waals surface area contributed by atoms with Crippen LogP contribution in [0.2, 0.25) is 0 Å². The molecule has 1 unspecified atom stereocenters. The monoisotopic (exact) mass is 495 g/mol. The van der Waals surface area contributed by atoms with E-state index in [0.717, 1.165) is 13.1 Å². The summed E-state index contributed by atoms with van der Waals surface area (Å²) in [6.45, 7) is 7.09. The van der Waals surface area contributed by atoms with Gasteiger partial charge in [-0.05, 0) is 44.4 Å². The molecule has 0 radical (unpaired) electrons. The van der Waals surface area contributed by atoms with Crippen LogP contribution in [0.15, 0.2) is 29.3 Å². The molecule has 0 aromatic heterocycles. The number of hydrogen-bond acceptors (Lipinski definition) is 4. The van der Waals surface area contributed by atoms with Gasteiger partial charge in [0.05, 0.1) is 18.3 Å². The van der Waals surface area contributed by atoms with E-state index >= 15 is 0 Å². The number of primary sulfonamides is 1. The van der Waals surface area contributed by atoms with Crippen LogP contribution in [0.4, 0.5) is 5.69 Å². The molecule has 1 aliphatic rings. The highest BCUT2D eigenvalue weighted by molar-refractivity contribution is 14.0. The van der Waals surface area contributed by atoms with Crippen LogP contribution in [-0.2, 0) is 10.0 Å². The van der Waals surface area contributed by atoms with E-state index in [1.807, 2.05) is 6.92 Å². The number of anilines is 1. The molecule has 2 rings (SSSR count). The lowest BCUT2D eigenvalue weighted by atomic mass is 10.1. The average Bonchev–Trinajstić information content (AvgIpc) is 3.08. The Balaban J connectivity index is 0.00000338. The zero-order valence-corrected chi connectivity index (χ0v) is 18.6. The molecular weight excluding hydrogens is 465 g/mol. The summed E-state index contributed by atoms with van der Waals surface area (Å²) in [6.07, 6.45) is 2.50. The van der Waals surface area contributed by atoms with Gasteiger partial charge in [-0.25, -0.2) is 13.6 Å². The molecule has 1 heterocycles. The maximum Gasteiger partial charge on any atom is 0.210 e. The molecule has 26 heavy (non-hydrogen) atoms. The molecule has 9 heteroatoms. The third-order valence-corrected chi connectivity index (χ3v) is 4.94. The maximum atomic E-state index is 11.0. The molecule has 4 N–H and O–H groups in total. The second-order valence-electron chi connectivity index (χ2n) is 6.28. The van der Waals surface area contributed by atoms with E-state index in [1.54, 1.807) is 0 Å². The lowest BCUT2D eigenvalue weighted by Crippen LogP contribution is -2.39. The standard InChI is InChI=1S/C17H29N5O2S.HI/c1-3-19-17(20-9-12-25(18,23)24)21-14(2)15-7-6-8-16(13-15)22-10-4-5-11-22;/h6-8,13-14H,3-5,9-12H2,1-2H3,(H2,18,23,24)(H2,19,20,21);1H. The lowest BCUT2D eigenvalue weighted by Gasteiger charge is -2.22. The number of guanidine groups is 1. The quantitative estimate of drug-likeness (QED) is 0.305. The molecule has 148 valence electrons. The number of aliphatic imine (C=N–C) groups is 1. The van der Waals surface area contributed by atoms with Gasteiger partial charge in [0.2, 0.25) is 10.0 Å². The molecule has 1 fully saturated rings. The number of nitrogens with two attached hydrogens (primary N) is 1. The Hall–Kier alpha value is -1.07. The SMILES string of the molecule is CCNC(=NCCS(N)(=O)=O)NC(C)c1cccc(N2CCCC2)c1.I. The minimum Gasteiger partial charge on any atom is -0.372 e. The van der Waals surface area contributed by atoms with Gasteiger partial charge in [-0.1, -0.05) is 12.1 Å². The van der Waals surface area contributed by atoms with E-state index in [9.17, 15) is 8.42 Å². The normalized spacial score (nSPS) is 16.1. The molecule has 0 bridgehead atoms. The van der Waals surface area contributed by atoms with Crippen molar-refractivity contribution >= 4 is 45.6 Å². The van der Waals surface area contributed by atoms with Crippen molar-refractivity contribution in [3.8, 4) is 0 Å². The molecular formula is C17H30IN5O2S. The second-order valence-corrected chi connectivity index (χ2v) is 8.02. The van der Waals surface area contributed by atoms with E-state index < -0.39 is 10.0 Å². The van der Waals surface area contributed by atoms with Gasteiger partial charge in [0.25, 0.3) is 0 Å². The first-order valence-electron chi connectivity index (χ1n) is 8.79. The van der Waals surface area contributed by atoms with Gasteiger partial charge in [0, 0.05) is 25.3 Å². The summed E-state index contributed by atoms with van der Waals surface area (Å²) in [5.41, 5.74) is 2.42. The number of rotatable bonds is 7. The van der Waals surface area contributed by atoms with E-state index in [4.69, 9.17) is 5.14 Å². The summed E-state index contributed by atoms with van der Waals surface area (Å²) in [7, 11) is -3.50. The fraction of sp³-hybridized carbons (Fsp3) is 0.588. The van der Waals surface area contributed by atoms with Gasteiger partial charge in [0.1, 0.15) is 0 Å². The van der Waals surface area contributed by atoms with E-state index in [1.165, 1.54) is 24.1 Å². The summed E-state index contributed by atoms with van der Waals surface area (Å²) in [5, 5.41) is 11.5. The average molecular weight is 495 g/mol. The molecule has 0 amide bonds. The van der Waals surface area contributed by atoms with Crippen LogP contribution in [0, 0.1) is 0 Å². The van der Waals surface area contributed by atoms with Crippen molar-refractivity contribution in [2.24, 2.45) is 10.1 Å². The number of nitrogens with zero attached hydrogens (tertiary/aromatic N) is 2.